The van der Waals surface area contributed by atoms with E-state index in [4.69, 9.17) is 4.74 Å². The minimum atomic E-state index is -3.61. The average Bonchev–Trinajstić information content (AvgIpc) is 2.38. The second-order valence-corrected chi connectivity index (χ2v) is 6.61. The van der Waals surface area contributed by atoms with E-state index in [-0.39, 0.29) is 11.0 Å². The summed E-state index contributed by atoms with van der Waals surface area (Å²) >= 11 is 0. The third-order valence-electron chi connectivity index (χ3n) is 2.65. The van der Waals surface area contributed by atoms with Crippen molar-refractivity contribution in [3.8, 4) is 5.75 Å². The van der Waals surface area contributed by atoms with Gasteiger partial charge in [0.05, 0.1) is 16.7 Å². The van der Waals surface area contributed by atoms with Crippen LogP contribution >= 0.6 is 0 Å². The van der Waals surface area contributed by atoms with Crippen molar-refractivity contribution in [2.75, 3.05) is 4.72 Å². The number of pyridine rings is 1. The van der Waals surface area contributed by atoms with Crippen molar-refractivity contribution in [2.24, 2.45) is 0 Å². The standard InChI is InChI=1S/C15H18N2O3S/c1-11(2)20-14-4-6-15(7-5-14)21(18,19)17-13-8-9-16-12(3)10-13/h4-11H,1-3H3,(H,16,17). The molecule has 1 heterocycles. The van der Waals surface area contributed by atoms with E-state index in [1.165, 1.54) is 12.1 Å². The Labute approximate surface area is 125 Å². The van der Waals surface area contributed by atoms with Gasteiger partial charge < -0.3 is 4.74 Å². The largest absolute Gasteiger partial charge is 0.491 e. The van der Waals surface area contributed by atoms with Gasteiger partial charge in [0.25, 0.3) is 10.0 Å². The van der Waals surface area contributed by atoms with Crippen LogP contribution in [0.5, 0.6) is 5.75 Å². The number of hydrogen-bond acceptors (Lipinski definition) is 4. The highest BCUT2D eigenvalue weighted by atomic mass is 32.2. The molecule has 2 aromatic rings. The second kappa shape index (κ2) is 6.13. The van der Waals surface area contributed by atoms with Crippen molar-refractivity contribution in [3.63, 3.8) is 0 Å². The first-order valence-corrected chi connectivity index (χ1v) is 8.07. The van der Waals surface area contributed by atoms with Crippen molar-refractivity contribution in [1.29, 1.82) is 0 Å². The first kappa shape index (κ1) is 15.3. The summed E-state index contributed by atoms with van der Waals surface area (Å²) in [6.45, 7) is 5.63. The van der Waals surface area contributed by atoms with Gasteiger partial charge in [-0.2, -0.15) is 0 Å². The van der Waals surface area contributed by atoms with E-state index in [9.17, 15) is 8.42 Å². The molecule has 0 fully saturated rings. The SMILES string of the molecule is Cc1cc(NS(=O)(=O)c2ccc(OC(C)C)cc2)ccn1. The molecule has 0 saturated carbocycles. The van der Waals surface area contributed by atoms with Gasteiger partial charge in [0, 0.05) is 11.9 Å². The molecule has 0 aliphatic carbocycles. The van der Waals surface area contributed by atoms with Crippen LogP contribution in [0.4, 0.5) is 5.69 Å². The fraction of sp³-hybridized carbons (Fsp3) is 0.267. The smallest absolute Gasteiger partial charge is 0.261 e. The van der Waals surface area contributed by atoms with Crippen molar-refractivity contribution in [2.45, 2.75) is 31.8 Å². The molecule has 1 aromatic heterocycles. The quantitative estimate of drug-likeness (QED) is 0.922. The zero-order chi connectivity index (χ0) is 15.5. The van der Waals surface area contributed by atoms with Crippen LogP contribution in [0, 0.1) is 6.92 Å². The Bertz CT molecular complexity index is 710. The molecular formula is C15H18N2O3S. The van der Waals surface area contributed by atoms with E-state index in [0.29, 0.717) is 11.4 Å². The molecule has 1 aromatic carbocycles. The summed E-state index contributed by atoms with van der Waals surface area (Å²) in [5.74, 6) is 0.642. The summed E-state index contributed by atoms with van der Waals surface area (Å²) < 4.78 is 32.6. The molecule has 0 atom stereocenters. The number of ether oxygens (including phenoxy) is 1. The molecule has 1 N–H and O–H groups in total. The molecule has 6 heteroatoms. The lowest BCUT2D eigenvalue weighted by Crippen LogP contribution is -2.13. The summed E-state index contributed by atoms with van der Waals surface area (Å²) in [5, 5.41) is 0. The third kappa shape index (κ3) is 4.19. The second-order valence-electron chi connectivity index (χ2n) is 4.93. The van der Waals surface area contributed by atoms with Gasteiger partial charge in [-0.05, 0) is 57.2 Å². The Balaban J connectivity index is 2.19. The molecule has 0 bridgehead atoms. The van der Waals surface area contributed by atoms with Crippen molar-refractivity contribution in [3.05, 3.63) is 48.3 Å². The van der Waals surface area contributed by atoms with Crippen molar-refractivity contribution >= 4 is 15.7 Å². The first-order chi connectivity index (χ1) is 9.87. The van der Waals surface area contributed by atoms with Gasteiger partial charge in [-0.1, -0.05) is 0 Å². The van der Waals surface area contributed by atoms with Crippen LogP contribution in [0.15, 0.2) is 47.5 Å². The summed E-state index contributed by atoms with van der Waals surface area (Å²) in [5.41, 5.74) is 1.24. The predicted octanol–water partition coefficient (Wildman–Crippen LogP) is 2.98. The normalized spacial score (nSPS) is 11.4. The lowest BCUT2D eigenvalue weighted by atomic mass is 10.3. The predicted molar refractivity (Wildman–Crippen MR) is 82.0 cm³/mol. The number of nitrogens with zero attached hydrogens (tertiary/aromatic N) is 1. The fourth-order valence-electron chi connectivity index (χ4n) is 1.79. The monoisotopic (exact) mass is 306 g/mol. The maximum atomic E-state index is 12.3. The minimum Gasteiger partial charge on any atom is -0.491 e. The molecule has 0 aliphatic heterocycles. The number of aromatic nitrogens is 1. The molecule has 0 saturated heterocycles. The maximum Gasteiger partial charge on any atom is 0.261 e. The summed E-state index contributed by atoms with van der Waals surface area (Å²) in [7, 11) is -3.61. The highest BCUT2D eigenvalue weighted by Gasteiger charge is 2.14. The molecule has 0 aliphatic rings. The molecule has 21 heavy (non-hydrogen) atoms. The fourth-order valence-corrected chi connectivity index (χ4v) is 2.84. The molecule has 2 rings (SSSR count). The molecule has 0 amide bonds. The van der Waals surface area contributed by atoms with Gasteiger partial charge in [-0.25, -0.2) is 8.42 Å². The highest BCUT2D eigenvalue weighted by molar-refractivity contribution is 7.92. The molecule has 112 valence electrons. The zero-order valence-corrected chi connectivity index (χ0v) is 13.0. The van der Waals surface area contributed by atoms with Crippen LogP contribution in [-0.2, 0) is 10.0 Å². The van der Waals surface area contributed by atoms with E-state index in [2.05, 4.69) is 9.71 Å². The zero-order valence-electron chi connectivity index (χ0n) is 12.2. The molecule has 0 unspecified atom stereocenters. The van der Waals surface area contributed by atoms with Crippen LogP contribution in [-0.4, -0.2) is 19.5 Å². The van der Waals surface area contributed by atoms with E-state index in [0.717, 1.165) is 5.69 Å². The van der Waals surface area contributed by atoms with E-state index in [1.807, 2.05) is 13.8 Å². The summed E-state index contributed by atoms with van der Waals surface area (Å²) in [4.78, 5) is 4.22. The van der Waals surface area contributed by atoms with E-state index >= 15 is 0 Å². The Morgan fingerprint density at radius 3 is 2.38 bits per heavy atom. The van der Waals surface area contributed by atoms with Crippen molar-refractivity contribution < 1.29 is 13.2 Å². The highest BCUT2D eigenvalue weighted by Crippen LogP contribution is 2.20. The van der Waals surface area contributed by atoms with Crippen LogP contribution in [0.2, 0.25) is 0 Å². The Hall–Kier alpha value is -2.08. The Morgan fingerprint density at radius 2 is 1.81 bits per heavy atom. The lowest BCUT2D eigenvalue weighted by molar-refractivity contribution is 0.242. The molecule has 0 spiro atoms. The number of aryl methyl sites for hydroxylation is 1. The number of hydrogen-bond donors (Lipinski definition) is 1. The van der Waals surface area contributed by atoms with Gasteiger partial charge >= 0.3 is 0 Å². The molecule has 0 radical (unpaired) electrons. The van der Waals surface area contributed by atoms with Crippen LogP contribution in [0.3, 0.4) is 0 Å². The Kier molecular flexibility index (Phi) is 4.47. The molecule has 5 nitrogen and oxygen atoms in total. The van der Waals surface area contributed by atoms with E-state index < -0.39 is 10.0 Å². The maximum absolute atomic E-state index is 12.3. The van der Waals surface area contributed by atoms with Gasteiger partial charge in [0.15, 0.2) is 0 Å². The van der Waals surface area contributed by atoms with Gasteiger partial charge in [-0.3, -0.25) is 9.71 Å². The third-order valence-corrected chi connectivity index (χ3v) is 4.05. The topological polar surface area (TPSA) is 68.3 Å². The molecular weight excluding hydrogens is 288 g/mol. The van der Waals surface area contributed by atoms with Gasteiger partial charge in [0.2, 0.25) is 0 Å². The summed E-state index contributed by atoms with van der Waals surface area (Å²) in [6, 6.07) is 9.62. The summed E-state index contributed by atoms with van der Waals surface area (Å²) in [6.07, 6.45) is 1.61. The number of anilines is 1. The van der Waals surface area contributed by atoms with Gasteiger partial charge in [-0.15, -0.1) is 0 Å². The van der Waals surface area contributed by atoms with Gasteiger partial charge in [0.1, 0.15) is 5.75 Å². The number of rotatable bonds is 5. The van der Waals surface area contributed by atoms with E-state index in [1.54, 1.807) is 37.4 Å². The van der Waals surface area contributed by atoms with Crippen molar-refractivity contribution in [1.82, 2.24) is 4.98 Å². The van der Waals surface area contributed by atoms with Crippen LogP contribution in [0.1, 0.15) is 19.5 Å². The number of benzene rings is 1. The van der Waals surface area contributed by atoms with Crippen LogP contribution < -0.4 is 9.46 Å². The van der Waals surface area contributed by atoms with Crippen LogP contribution in [0.25, 0.3) is 0 Å². The number of nitrogens with one attached hydrogen (secondary N) is 1. The number of sulfonamides is 1. The minimum absolute atomic E-state index is 0.0466. The first-order valence-electron chi connectivity index (χ1n) is 6.59. The lowest BCUT2D eigenvalue weighted by Gasteiger charge is -2.11. The Morgan fingerprint density at radius 1 is 1.14 bits per heavy atom. The average molecular weight is 306 g/mol.